The number of nitrogens with two attached hydrogens (primary N) is 1. The number of aromatic nitrogens is 3. The molecule has 0 saturated carbocycles. The lowest BCUT2D eigenvalue weighted by atomic mass is 10.0. The number of aliphatic imine (C=N–C) groups is 1. The number of hydrogen-bond donors (Lipinski definition) is 4. The van der Waals surface area contributed by atoms with Gasteiger partial charge in [0.25, 0.3) is 5.91 Å². The molecule has 0 fully saturated rings. The van der Waals surface area contributed by atoms with Crippen molar-refractivity contribution in [2.24, 2.45) is 10.7 Å². The number of carbonyl (C=O) groups excluding carboxylic acids is 1. The number of hydrazine groups is 1. The lowest BCUT2D eigenvalue weighted by molar-refractivity contribution is 0.0952. The molecule has 5 N–H and O–H groups in total. The minimum Gasteiger partial charge on any atom is -0.382 e. The number of thiazole rings is 1. The van der Waals surface area contributed by atoms with Gasteiger partial charge in [-0.1, -0.05) is 37.6 Å². The van der Waals surface area contributed by atoms with Crippen LogP contribution in [0.15, 0.2) is 77.5 Å². The molecule has 1 unspecified atom stereocenters. The highest BCUT2D eigenvalue weighted by Crippen LogP contribution is 2.37. The average Bonchev–Trinajstić information content (AvgIpc) is 3.52. The maximum atomic E-state index is 12.5. The van der Waals surface area contributed by atoms with Gasteiger partial charge in [0.2, 0.25) is 0 Å². The molecule has 10 nitrogen and oxygen atoms in total. The summed E-state index contributed by atoms with van der Waals surface area (Å²) >= 11 is 1.48. The fraction of sp³-hybridized carbons (Fsp3) is 0.241. The molecular formula is C29H31N9OS. The maximum Gasteiger partial charge on any atom is 0.271 e. The molecule has 1 amide bonds. The Balaban J connectivity index is 1.44. The molecule has 0 radical (unpaired) electrons. The number of fused-ring (bicyclic) bond motifs is 1. The van der Waals surface area contributed by atoms with E-state index in [9.17, 15) is 4.79 Å². The van der Waals surface area contributed by atoms with Crippen molar-refractivity contribution < 1.29 is 4.79 Å². The van der Waals surface area contributed by atoms with E-state index in [-0.39, 0.29) is 23.5 Å². The van der Waals surface area contributed by atoms with Gasteiger partial charge in [-0.25, -0.2) is 20.4 Å². The van der Waals surface area contributed by atoms with Crippen LogP contribution in [0.5, 0.6) is 0 Å². The first kappa shape index (κ1) is 27.1. The summed E-state index contributed by atoms with van der Waals surface area (Å²) in [5.74, 6) is -0.00115. The largest absolute Gasteiger partial charge is 0.382 e. The SMILES string of the molecule is CCCc1ccc(Cc2nc(C3=C4C=C(CNC(=O)c5cnccn5)C=CN4NC3C)sc2C(N)=NC=N)cc1. The quantitative estimate of drug-likeness (QED) is 0.222. The summed E-state index contributed by atoms with van der Waals surface area (Å²) in [5.41, 5.74) is 16.2. The van der Waals surface area contributed by atoms with Crippen molar-refractivity contribution in [1.82, 2.24) is 30.7 Å². The fourth-order valence-electron chi connectivity index (χ4n) is 4.67. The van der Waals surface area contributed by atoms with Gasteiger partial charge in [-0.15, -0.1) is 11.3 Å². The van der Waals surface area contributed by atoms with E-state index in [1.165, 1.54) is 35.5 Å². The van der Waals surface area contributed by atoms with E-state index in [0.717, 1.165) is 57.2 Å². The summed E-state index contributed by atoms with van der Waals surface area (Å²) in [4.78, 5) is 30.3. The second kappa shape index (κ2) is 12.1. The number of amidine groups is 1. The predicted octanol–water partition coefficient (Wildman–Crippen LogP) is 3.59. The fourth-order valence-corrected chi connectivity index (χ4v) is 5.81. The van der Waals surface area contributed by atoms with Crippen LogP contribution in [0.25, 0.3) is 5.57 Å². The molecule has 0 bridgehead atoms. The molecule has 1 aromatic carbocycles. The number of rotatable bonds is 10. The molecule has 11 heteroatoms. The monoisotopic (exact) mass is 553 g/mol. The first-order valence-electron chi connectivity index (χ1n) is 13.1. The molecule has 204 valence electrons. The highest BCUT2D eigenvalue weighted by Gasteiger charge is 2.31. The second-order valence-electron chi connectivity index (χ2n) is 9.51. The first-order valence-corrected chi connectivity index (χ1v) is 13.9. The molecule has 2 aliphatic heterocycles. The molecule has 0 saturated heterocycles. The van der Waals surface area contributed by atoms with E-state index in [4.69, 9.17) is 16.1 Å². The Morgan fingerprint density at radius 2 is 2.08 bits per heavy atom. The Morgan fingerprint density at radius 1 is 1.27 bits per heavy atom. The van der Waals surface area contributed by atoms with E-state index in [1.807, 2.05) is 23.4 Å². The summed E-state index contributed by atoms with van der Waals surface area (Å²) in [5, 5.41) is 13.1. The van der Waals surface area contributed by atoms with Crippen LogP contribution in [-0.4, -0.2) is 50.6 Å². The topological polar surface area (TPSA) is 145 Å². The van der Waals surface area contributed by atoms with Crippen LogP contribution in [0.1, 0.15) is 57.5 Å². The Kier molecular flexibility index (Phi) is 8.23. The number of benzene rings is 1. The van der Waals surface area contributed by atoms with Crippen LogP contribution in [0.4, 0.5) is 0 Å². The summed E-state index contributed by atoms with van der Waals surface area (Å²) in [7, 11) is 0. The van der Waals surface area contributed by atoms with E-state index in [2.05, 4.69) is 63.8 Å². The van der Waals surface area contributed by atoms with E-state index in [1.54, 1.807) is 0 Å². The van der Waals surface area contributed by atoms with Gasteiger partial charge in [0.15, 0.2) is 0 Å². The van der Waals surface area contributed by atoms with Gasteiger partial charge in [-0.3, -0.25) is 20.2 Å². The average molecular weight is 554 g/mol. The number of amides is 1. The van der Waals surface area contributed by atoms with Crippen molar-refractivity contribution in [3.05, 3.63) is 105 Å². The zero-order chi connectivity index (χ0) is 28.1. The number of nitrogens with zero attached hydrogens (tertiary/aromatic N) is 5. The normalized spacial score (nSPS) is 16.6. The summed E-state index contributed by atoms with van der Waals surface area (Å²) < 4.78 is 0. The molecule has 1 atom stereocenters. The van der Waals surface area contributed by atoms with Gasteiger partial charge >= 0.3 is 0 Å². The van der Waals surface area contributed by atoms with Gasteiger partial charge < -0.3 is 11.1 Å². The van der Waals surface area contributed by atoms with Crippen LogP contribution in [0.3, 0.4) is 0 Å². The van der Waals surface area contributed by atoms with Gasteiger partial charge in [-0.05, 0) is 42.2 Å². The highest BCUT2D eigenvalue weighted by atomic mass is 32.1. The molecule has 3 aromatic rings. The van der Waals surface area contributed by atoms with Gasteiger partial charge in [0.05, 0.1) is 28.5 Å². The standard InChI is InChI=1S/C29H31N9OS/c1-3-4-19-5-7-20(8-6-19)13-22-26(27(31)35-17-30)40-29(36-22)25-18(2)37-38-12-9-21(14-24(25)38)15-34-28(39)23-16-32-10-11-33-23/h5-12,14,16-18,37H,3-4,13,15H2,1-2H3,(H,34,39)(H3,30,31,35). The van der Waals surface area contributed by atoms with Gasteiger partial charge in [0.1, 0.15) is 22.9 Å². The predicted molar refractivity (Wildman–Crippen MR) is 158 cm³/mol. The first-order chi connectivity index (χ1) is 19.5. The molecule has 0 spiro atoms. The van der Waals surface area contributed by atoms with Crippen molar-refractivity contribution in [3.63, 3.8) is 0 Å². The Morgan fingerprint density at radius 3 is 2.80 bits per heavy atom. The van der Waals surface area contributed by atoms with E-state index in [0.29, 0.717) is 13.0 Å². The maximum absolute atomic E-state index is 12.5. The number of carbonyl (C=O) groups is 1. The molecule has 2 aliphatic rings. The molecule has 5 rings (SSSR count). The van der Waals surface area contributed by atoms with Crippen molar-refractivity contribution in [2.45, 2.75) is 39.2 Å². The summed E-state index contributed by atoms with van der Waals surface area (Å²) in [6, 6.07) is 8.59. The number of allylic oxidation sites excluding steroid dienone is 1. The van der Waals surface area contributed by atoms with Gasteiger partial charge in [-0.2, -0.15) is 0 Å². The lowest BCUT2D eigenvalue weighted by Crippen LogP contribution is -2.33. The van der Waals surface area contributed by atoms with Crippen molar-refractivity contribution in [2.75, 3.05) is 6.54 Å². The Labute approximate surface area is 237 Å². The van der Waals surface area contributed by atoms with Crippen LogP contribution in [0.2, 0.25) is 0 Å². The summed E-state index contributed by atoms with van der Waals surface area (Å²) in [6.45, 7) is 4.60. The minimum atomic E-state index is -0.283. The smallest absolute Gasteiger partial charge is 0.271 e. The van der Waals surface area contributed by atoms with Crippen LogP contribution < -0.4 is 16.5 Å². The van der Waals surface area contributed by atoms with Gasteiger partial charge in [0, 0.05) is 37.1 Å². The van der Waals surface area contributed by atoms with Crippen LogP contribution in [-0.2, 0) is 12.8 Å². The Hall–Kier alpha value is -4.48. The zero-order valence-electron chi connectivity index (χ0n) is 22.4. The molecule has 4 heterocycles. The highest BCUT2D eigenvalue weighted by molar-refractivity contribution is 7.15. The zero-order valence-corrected chi connectivity index (χ0v) is 23.2. The molecular weight excluding hydrogens is 522 g/mol. The molecule has 0 aliphatic carbocycles. The lowest BCUT2D eigenvalue weighted by Gasteiger charge is -2.21. The minimum absolute atomic E-state index is 0.00878. The van der Waals surface area contributed by atoms with Crippen LogP contribution >= 0.6 is 11.3 Å². The third-order valence-corrected chi connectivity index (χ3v) is 7.76. The molecule has 40 heavy (non-hydrogen) atoms. The van der Waals surface area contributed by atoms with E-state index < -0.39 is 0 Å². The Bertz CT molecular complexity index is 1520. The van der Waals surface area contributed by atoms with Crippen molar-refractivity contribution >= 4 is 35.0 Å². The third kappa shape index (κ3) is 5.90. The van der Waals surface area contributed by atoms with Crippen molar-refractivity contribution in [3.8, 4) is 0 Å². The van der Waals surface area contributed by atoms with Crippen LogP contribution in [0, 0.1) is 5.41 Å². The number of aryl methyl sites for hydroxylation is 1. The number of nitrogens with one attached hydrogen (secondary N) is 3. The third-order valence-electron chi connectivity index (χ3n) is 6.61. The van der Waals surface area contributed by atoms with Crippen molar-refractivity contribution in [1.29, 1.82) is 5.41 Å². The van der Waals surface area contributed by atoms with E-state index >= 15 is 0 Å². The molecule has 2 aromatic heterocycles. The second-order valence-corrected chi connectivity index (χ2v) is 10.5. The number of hydrogen-bond acceptors (Lipinski definition) is 8. The summed E-state index contributed by atoms with van der Waals surface area (Å²) in [6.07, 6.45) is 14.1.